The molecule has 0 radical (unpaired) electrons. The zero-order valence-corrected chi connectivity index (χ0v) is 6.27. The van der Waals surface area contributed by atoms with Crippen molar-refractivity contribution in [2.45, 2.75) is 39.0 Å². The van der Waals surface area contributed by atoms with Crippen molar-refractivity contribution < 1.29 is 0 Å². The maximum atomic E-state index is 2.44. The van der Waals surface area contributed by atoms with Gasteiger partial charge in [0.05, 0.1) is 0 Å². The topological polar surface area (TPSA) is 0 Å². The van der Waals surface area contributed by atoms with E-state index in [0.29, 0.717) is 0 Å². The predicted octanol–water partition coefficient (Wildman–Crippen LogP) is 2.83. The molecule has 2 saturated carbocycles. The molecule has 0 N–H and O–H groups in total. The lowest BCUT2D eigenvalue weighted by Gasteiger charge is -2.24. The van der Waals surface area contributed by atoms with Crippen molar-refractivity contribution in [2.24, 2.45) is 17.8 Å². The van der Waals surface area contributed by atoms with E-state index in [1.165, 1.54) is 12.8 Å². The molecule has 9 heavy (non-hydrogen) atoms. The SMILES string of the molecule is C[C@@H]1CCC2CCC1C2. The lowest BCUT2D eigenvalue weighted by Crippen LogP contribution is -2.14. The summed E-state index contributed by atoms with van der Waals surface area (Å²) in [5.74, 6) is 3.33. The van der Waals surface area contributed by atoms with Gasteiger partial charge < -0.3 is 0 Å². The Balaban J connectivity index is 2.05. The van der Waals surface area contributed by atoms with Gasteiger partial charge in [-0.15, -0.1) is 0 Å². The first-order chi connectivity index (χ1) is 4.36. The molecule has 0 saturated heterocycles. The largest absolute Gasteiger partial charge is 0.0622 e. The predicted molar refractivity (Wildman–Crippen MR) is 39.2 cm³/mol. The molecule has 2 aliphatic rings. The minimum Gasteiger partial charge on any atom is -0.0622 e. The molecule has 3 atom stereocenters. The second-order valence-electron chi connectivity index (χ2n) is 3.99. The fraction of sp³-hybridized carbons (Fsp3) is 1.00. The number of hydrogen-bond acceptors (Lipinski definition) is 0. The number of fused-ring (bicyclic) bond motifs is 2. The highest BCUT2D eigenvalue weighted by molar-refractivity contribution is 4.84. The van der Waals surface area contributed by atoms with Crippen LogP contribution in [0, 0.1) is 17.8 Å². The van der Waals surface area contributed by atoms with Crippen LogP contribution in [0.1, 0.15) is 39.0 Å². The molecule has 52 valence electrons. The van der Waals surface area contributed by atoms with Gasteiger partial charge in [-0.25, -0.2) is 0 Å². The second kappa shape index (κ2) is 2.00. The summed E-state index contributed by atoms with van der Waals surface area (Å²) in [6, 6.07) is 0. The minimum absolute atomic E-state index is 1.06. The summed E-state index contributed by atoms with van der Waals surface area (Å²) in [5, 5.41) is 0. The summed E-state index contributed by atoms with van der Waals surface area (Å²) in [4.78, 5) is 0. The van der Waals surface area contributed by atoms with Crippen molar-refractivity contribution in [1.82, 2.24) is 0 Å². The zero-order chi connectivity index (χ0) is 6.27. The van der Waals surface area contributed by atoms with Crippen LogP contribution >= 0.6 is 0 Å². The monoisotopic (exact) mass is 124 g/mol. The summed E-state index contributed by atoms with van der Waals surface area (Å²) in [6.07, 6.45) is 7.73. The van der Waals surface area contributed by atoms with E-state index in [2.05, 4.69) is 6.92 Å². The first kappa shape index (κ1) is 5.76. The average Bonchev–Trinajstić information content (AvgIpc) is 2.25. The fourth-order valence-corrected chi connectivity index (χ4v) is 2.63. The second-order valence-corrected chi connectivity index (χ2v) is 3.99. The van der Waals surface area contributed by atoms with Crippen molar-refractivity contribution in [1.29, 1.82) is 0 Å². The Kier molecular flexibility index (Phi) is 1.28. The quantitative estimate of drug-likeness (QED) is 0.466. The molecule has 0 heterocycles. The van der Waals surface area contributed by atoms with Crippen LogP contribution in [0.3, 0.4) is 0 Å². The molecule has 0 amide bonds. The van der Waals surface area contributed by atoms with Gasteiger partial charge in [-0.05, 0) is 30.6 Å². The van der Waals surface area contributed by atoms with Crippen molar-refractivity contribution >= 4 is 0 Å². The van der Waals surface area contributed by atoms with E-state index >= 15 is 0 Å². The molecule has 0 aromatic carbocycles. The van der Waals surface area contributed by atoms with Crippen molar-refractivity contribution in [3.8, 4) is 0 Å². The van der Waals surface area contributed by atoms with E-state index in [1.807, 2.05) is 0 Å². The summed E-state index contributed by atoms with van der Waals surface area (Å²) < 4.78 is 0. The van der Waals surface area contributed by atoms with E-state index in [9.17, 15) is 0 Å². The molecular formula is C9H16. The Morgan fingerprint density at radius 2 is 1.78 bits per heavy atom. The molecule has 0 aromatic heterocycles. The lowest BCUT2D eigenvalue weighted by molar-refractivity contribution is 0.265. The average molecular weight is 124 g/mol. The highest BCUT2D eigenvalue weighted by Gasteiger charge is 2.32. The fourth-order valence-electron chi connectivity index (χ4n) is 2.63. The Morgan fingerprint density at radius 1 is 1.00 bits per heavy atom. The standard InChI is InChI=1S/C9H16/c1-7-2-3-8-4-5-9(7)6-8/h7-9H,2-6H2,1H3/t7-,8?,9?/m1/s1. The Labute approximate surface area is 57.6 Å². The van der Waals surface area contributed by atoms with Crippen LogP contribution in [0.15, 0.2) is 0 Å². The van der Waals surface area contributed by atoms with Gasteiger partial charge >= 0.3 is 0 Å². The van der Waals surface area contributed by atoms with Gasteiger partial charge in [-0.3, -0.25) is 0 Å². The van der Waals surface area contributed by atoms with Gasteiger partial charge in [-0.1, -0.05) is 26.2 Å². The summed E-state index contributed by atoms with van der Waals surface area (Å²) in [5.41, 5.74) is 0. The van der Waals surface area contributed by atoms with Gasteiger partial charge in [0, 0.05) is 0 Å². The molecule has 2 bridgehead atoms. The van der Waals surface area contributed by atoms with Gasteiger partial charge in [0.2, 0.25) is 0 Å². The first-order valence-electron chi connectivity index (χ1n) is 4.36. The van der Waals surface area contributed by atoms with Crippen LogP contribution in [-0.2, 0) is 0 Å². The third-order valence-corrected chi connectivity index (χ3v) is 3.42. The molecule has 0 aliphatic heterocycles. The van der Waals surface area contributed by atoms with Crippen LogP contribution in [0.25, 0.3) is 0 Å². The van der Waals surface area contributed by atoms with Crippen LogP contribution < -0.4 is 0 Å². The smallest absolute Gasteiger partial charge is 0.0386 e. The Morgan fingerprint density at radius 3 is 2.56 bits per heavy atom. The molecule has 2 rings (SSSR count). The normalized spacial score (nSPS) is 49.7. The van der Waals surface area contributed by atoms with Crippen molar-refractivity contribution in [2.75, 3.05) is 0 Å². The molecule has 0 nitrogen and oxygen atoms in total. The third kappa shape index (κ3) is 0.889. The van der Waals surface area contributed by atoms with Crippen molar-refractivity contribution in [3.63, 3.8) is 0 Å². The van der Waals surface area contributed by atoms with Crippen LogP contribution in [0.4, 0.5) is 0 Å². The Hall–Kier alpha value is 0. The van der Waals surface area contributed by atoms with E-state index in [0.717, 1.165) is 17.8 Å². The Bertz CT molecular complexity index is 107. The minimum atomic E-state index is 1.06. The molecule has 2 unspecified atom stereocenters. The highest BCUT2D eigenvalue weighted by Crippen LogP contribution is 2.44. The van der Waals surface area contributed by atoms with Gasteiger partial charge in [0.15, 0.2) is 0 Å². The van der Waals surface area contributed by atoms with Crippen molar-refractivity contribution in [3.05, 3.63) is 0 Å². The number of hydrogen-bond donors (Lipinski definition) is 0. The van der Waals surface area contributed by atoms with Crippen LogP contribution in [0.2, 0.25) is 0 Å². The molecule has 0 spiro atoms. The number of rotatable bonds is 0. The molecule has 2 fully saturated rings. The third-order valence-electron chi connectivity index (χ3n) is 3.42. The summed E-state index contributed by atoms with van der Waals surface area (Å²) in [6.45, 7) is 2.44. The van der Waals surface area contributed by atoms with Gasteiger partial charge in [0.25, 0.3) is 0 Å². The van der Waals surface area contributed by atoms with E-state index in [-0.39, 0.29) is 0 Å². The molecule has 0 heteroatoms. The maximum Gasteiger partial charge on any atom is -0.0386 e. The van der Waals surface area contributed by atoms with Gasteiger partial charge in [-0.2, -0.15) is 0 Å². The molecular weight excluding hydrogens is 108 g/mol. The first-order valence-corrected chi connectivity index (χ1v) is 4.36. The van der Waals surface area contributed by atoms with E-state index in [4.69, 9.17) is 0 Å². The highest BCUT2D eigenvalue weighted by atomic mass is 14.4. The van der Waals surface area contributed by atoms with E-state index < -0.39 is 0 Å². The summed E-state index contributed by atoms with van der Waals surface area (Å²) in [7, 11) is 0. The van der Waals surface area contributed by atoms with E-state index in [1.54, 1.807) is 19.3 Å². The zero-order valence-electron chi connectivity index (χ0n) is 6.27. The van der Waals surface area contributed by atoms with Gasteiger partial charge in [0.1, 0.15) is 0 Å². The molecule has 2 aliphatic carbocycles. The van der Waals surface area contributed by atoms with Crippen LogP contribution in [-0.4, -0.2) is 0 Å². The van der Waals surface area contributed by atoms with Crippen LogP contribution in [0.5, 0.6) is 0 Å². The lowest BCUT2D eigenvalue weighted by atomic mass is 9.81. The maximum absolute atomic E-state index is 2.44. The molecule has 0 aromatic rings. The summed E-state index contributed by atoms with van der Waals surface area (Å²) >= 11 is 0.